The Morgan fingerprint density at radius 2 is 1.89 bits per heavy atom. The Labute approximate surface area is 211 Å². The van der Waals surface area contributed by atoms with Crippen molar-refractivity contribution in [2.75, 3.05) is 19.6 Å². The Morgan fingerprint density at radius 3 is 2.58 bits per heavy atom. The van der Waals surface area contributed by atoms with E-state index in [1.165, 1.54) is 25.6 Å². The van der Waals surface area contributed by atoms with Gasteiger partial charge in [-0.1, -0.05) is 6.07 Å². The van der Waals surface area contributed by atoms with Crippen LogP contribution < -0.4 is 4.74 Å². The summed E-state index contributed by atoms with van der Waals surface area (Å²) in [5, 5.41) is 0.897. The first-order valence-electron chi connectivity index (χ1n) is 12.0. The van der Waals surface area contributed by atoms with E-state index in [0.29, 0.717) is 30.2 Å². The number of fused-ring (bicyclic) bond motifs is 1. The van der Waals surface area contributed by atoms with E-state index in [9.17, 15) is 13.4 Å². The number of aryl methyl sites for hydroxylation is 1. The Bertz CT molecular complexity index is 1390. The molecule has 3 aromatic rings. The number of hydrogen-bond donors (Lipinski definition) is 0. The number of rotatable bonds is 7. The van der Waals surface area contributed by atoms with Gasteiger partial charge in [-0.25, -0.2) is 18.6 Å². The lowest BCUT2D eigenvalue weighted by Gasteiger charge is -2.29. The number of nitrogens with zero attached hydrogens (tertiary/aromatic N) is 3. The number of benzene rings is 2. The molecular formula is C27H32FN3O4S. The Morgan fingerprint density at radius 1 is 1.14 bits per heavy atom. The Balaban J connectivity index is 1.57. The molecular weight excluding hydrogens is 481 g/mol. The number of esters is 1. The molecule has 4 rings (SSSR count). The maximum Gasteiger partial charge on any atom is 0.305 e. The van der Waals surface area contributed by atoms with E-state index < -0.39 is 9.73 Å². The molecule has 0 saturated heterocycles. The molecule has 1 aliphatic carbocycles. The van der Waals surface area contributed by atoms with Crippen LogP contribution in [0, 0.1) is 18.7 Å². The zero-order valence-corrected chi connectivity index (χ0v) is 21.9. The molecule has 0 unspecified atom stereocenters. The fraction of sp³-hybridized carbons (Fsp3) is 0.444. The van der Waals surface area contributed by atoms with Crippen LogP contribution in [0.25, 0.3) is 10.9 Å². The van der Waals surface area contributed by atoms with Crippen molar-refractivity contribution in [2.45, 2.75) is 51.6 Å². The van der Waals surface area contributed by atoms with Crippen LogP contribution in [-0.4, -0.2) is 45.9 Å². The van der Waals surface area contributed by atoms with Gasteiger partial charge in [-0.2, -0.15) is 4.36 Å². The van der Waals surface area contributed by atoms with E-state index in [4.69, 9.17) is 9.47 Å². The third-order valence-corrected chi connectivity index (χ3v) is 7.13. The number of ether oxygens (including phenoxy) is 2. The first kappa shape index (κ1) is 26.0. The molecule has 0 aliphatic heterocycles. The van der Waals surface area contributed by atoms with Crippen LogP contribution >= 0.6 is 0 Å². The molecule has 0 atom stereocenters. The number of halogens is 1. The predicted octanol–water partition coefficient (Wildman–Crippen LogP) is 5.53. The standard InChI is InChI=1S/C27H32FN3O4S/c1-17-11-21(31-36(3,4)33)15-24-27(17)23(29-16-30-24)13-19-7-8-20(28)14-25(19)35-22-9-5-18(6-10-22)12-26(32)34-2/h7-8,11,14-16,18,22H,5-6,9-10,12-13H2,1-4H3. The number of methoxy groups -OCH3 is 1. The lowest BCUT2D eigenvalue weighted by molar-refractivity contribution is -0.142. The molecule has 1 fully saturated rings. The van der Waals surface area contributed by atoms with E-state index >= 15 is 0 Å². The maximum atomic E-state index is 14.2. The predicted molar refractivity (Wildman–Crippen MR) is 139 cm³/mol. The lowest BCUT2D eigenvalue weighted by Crippen LogP contribution is -2.26. The van der Waals surface area contributed by atoms with Crippen molar-refractivity contribution in [1.29, 1.82) is 0 Å². The smallest absolute Gasteiger partial charge is 0.305 e. The van der Waals surface area contributed by atoms with Gasteiger partial charge in [0, 0.05) is 52.1 Å². The lowest BCUT2D eigenvalue weighted by atomic mass is 9.85. The fourth-order valence-electron chi connectivity index (χ4n) is 4.81. The first-order chi connectivity index (χ1) is 17.1. The van der Waals surface area contributed by atoms with Gasteiger partial charge in [0.25, 0.3) is 0 Å². The second kappa shape index (κ2) is 10.9. The van der Waals surface area contributed by atoms with Crippen LogP contribution in [-0.2, 0) is 25.7 Å². The molecule has 0 amide bonds. The fourth-order valence-corrected chi connectivity index (χ4v) is 5.42. The van der Waals surface area contributed by atoms with Crippen molar-refractivity contribution in [3.63, 3.8) is 0 Å². The van der Waals surface area contributed by atoms with Gasteiger partial charge in [0.05, 0.1) is 30.1 Å². The van der Waals surface area contributed by atoms with Gasteiger partial charge in [-0.15, -0.1) is 0 Å². The minimum atomic E-state index is -2.30. The summed E-state index contributed by atoms with van der Waals surface area (Å²) in [6.45, 7) is 1.95. The monoisotopic (exact) mass is 513 g/mol. The zero-order valence-electron chi connectivity index (χ0n) is 21.1. The van der Waals surface area contributed by atoms with Crippen molar-refractivity contribution in [2.24, 2.45) is 10.3 Å². The third kappa shape index (κ3) is 6.57. The minimum absolute atomic E-state index is 0.0366. The molecule has 0 radical (unpaired) electrons. The summed E-state index contributed by atoms with van der Waals surface area (Å²) in [7, 11) is -0.889. The van der Waals surface area contributed by atoms with E-state index in [2.05, 4.69) is 14.3 Å². The first-order valence-corrected chi connectivity index (χ1v) is 14.4. The number of aromatic nitrogens is 2. The normalized spacial score (nSPS) is 18.1. The molecule has 0 spiro atoms. The second-order valence-corrected chi connectivity index (χ2v) is 12.3. The van der Waals surface area contributed by atoms with Crippen molar-refractivity contribution in [3.8, 4) is 5.75 Å². The van der Waals surface area contributed by atoms with Crippen molar-refractivity contribution in [3.05, 3.63) is 59.3 Å². The highest BCUT2D eigenvalue weighted by molar-refractivity contribution is 7.92. The zero-order chi connectivity index (χ0) is 25.9. The van der Waals surface area contributed by atoms with E-state index in [1.54, 1.807) is 18.6 Å². The minimum Gasteiger partial charge on any atom is -0.490 e. The third-order valence-electron chi connectivity index (χ3n) is 6.48. The SMILES string of the molecule is COC(=O)CC1CCC(Oc2cc(F)ccc2Cc2ncnc3cc(N=S(C)(C)=O)cc(C)c23)CC1. The van der Waals surface area contributed by atoms with Gasteiger partial charge in [-0.3, -0.25) is 4.79 Å². The molecule has 192 valence electrons. The van der Waals surface area contributed by atoms with E-state index in [-0.39, 0.29) is 17.9 Å². The highest BCUT2D eigenvalue weighted by Crippen LogP contribution is 2.33. The van der Waals surface area contributed by atoms with Crippen LogP contribution in [0.3, 0.4) is 0 Å². The maximum absolute atomic E-state index is 14.2. The number of carbonyl (C=O) groups excluding carboxylic acids is 1. The second-order valence-electron chi connectivity index (χ2n) is 9.72. The summed E-state index contributed by atoms with van der Waals surface area (Å²) < 4.78 is 41.7. The summed E-state index contributed by atoms with van der Waals surface area (Å²) in [5.41, 5.74) is 3.91. The van der Waals surface area contributed by atoms with Gasteiger partial charge in [0.2, 0.25) is 0 Å². The molecule has 7 nitrogen and oxygen atoms in total. The van der Waals surface area contributed by atoms with Crippen molar-refractivity contribution < 1.29 is 22.9 Å². The van der Waals surface area contributed by atoms with Crippen LogP contribution in [0.5, 0.6) is 5.75 Å². The highest BCUT2D eigenvalue weighted by atomic mass is 32.2. The average molecular weight is 514 g/mol. The Hall–Kier alpha value is -3.07. The van der Waals surface area contributed by atoms with Crippen LogP contribution in [0.1, 0.15) is 48.9 Å². The summed E-state index contributed by atoms with van der Waals surface area (Å²) in [4.78, 5) is 20.5. The molecule has 2 aromatic carbocycles. The number of carbonyl (C=O) groups is 1. The van der Waals surface area contributed by atoms with Crippen LogP contribution in [0.2, 0.25) is 0 Å². The van der Waals surface area contributed by atoms with Crippen LogP contribution in [0.15, 0.2) is 41.0 Å². The molecule has 1 heterocycles. The van der Waals surface area contributed by atoms with Crippen molar-refractivity contribution >= 4 is 32.3 Å². The van der Waals surface area contributed by atoms with Gasteiger partial charge in [-0.05, 0) is 62.3 Å². The quantitative estimate of drug-likeness (QED) is 0.386. The van der Waals surface area contributed by atoms with Gasteiger partial charge < -0.3 is 9.47 Å². The van der Waals surface area contributed by atoms with Crippen LogP contribution in [0.4, 0.5) is 10.1 Å². The number of hydrogen-bond acceptors (Lipinski definition) is 7. The molecule has 1 aromatic heterocycles. The summed E-state index contributed by atoms with van der Waals surface area (Å²) in [6, 6.07) is 8.31. The summed E-state index contributed by atoms with van der Waals surface area (Å²) >= 11 is 0. The van der Waals surface area contributed by atoms with Gasteiger partial charge >= 0.3 is 5.97 Å². The highest BCUT2D eigenvalue weighted by Gasteiger charge is 2.25. The van der Waals surface area contributed by atoms with E-state index in [0.717, 1.165) is 53.4 Å². The van der Waals surface area contributed by atoms with E-state index in [1.807, 2.05) is 19.1 Å². The largest absolute Gasteiger partial charge is 0.490 e. The summed E-state index contributed by atoms with van der Waals surface area (Å²) in [5.74, 6) is 0.271. The molecule has 36 heavy (non-hydrogen) atoms. The summed E-state index contributed by atoms with van der Waals surface area (Å²) in [6.07, 6.45) is 8.88. The van der Waals surface area contributed by atoms with Gasteiger partial charge in [0.15, 0.2) is 0 Å². The average Bonchev–Trinajstić information content (AvgIpc) is 2.80. The Kier molecular flexibility index (Phi) is 7.88. The topological polar surface area (TPSA) is 90.7 Å². The molecule has 0 N–H and O–H groups in total. The molecule has 1 aliphatic rings. The van der Waals surface area contributed by atoms with Crippen molar-refractivity contribution in [1.82, 2.24) is 9.97 Å². The molecule has 0 bridgehead atoms. The molecule has 1 saturated carbocycles. The van der Waals surface area contributed by atoms with Gasteiger partial charge in [0.1, 0.15) is 17.9 Å². The molecule has 9 heteroatoms.